The maximum absolute atomic E-state index is 12.6. The number of aromatic amines is 1. The van der Waals surface area contributed by atoms with Crippen molar-refractivity contribution in [2.24, 2.45) is 0 Å². The molecule has 3 rings (SSSR count). The number of fused-ring (bicyclic) bond motifs is 1. The van der Waals surface area contributed by atoms with Gasteiger partial charge in [0.05, 0.1) is 0 Å². The third kappa shape index (κ3) is 2.68. The summed E-state index contributed by atoms with van der Waals surface area (Å²) in [4.78, 5) is 18.7. The molecule has 0 spiro atoms. The SMILES string of the molecule is C[C@H](Cc1ccccn1)N(C)C(=O)c1n[nH]c2c1CCC2. The van der Waals surface area contributed by atoms with Gasteiger partial charge < -0.3 is 4.90 Å². The number of hydrogen-bond acceptors (Lipinski definition) is 3. The molecule has 2 aromatic heterocycles. The second-order valence-electron chi connectivity index (χ2n) is 5.67. The van der Waals surface area contributed by atoms with Crippen LogP contribution in [-0.2, 0) is 19.3 Å². The average Bonchev–Trinajstić information content (AvgIpc) is 3.09. The molecule has 0 fully saturated rings. The van der Waals surface area contributed by atoms with Gasteiger partial charge in [0.15, 0.2) is 5.69 Å². The third-order valence-corrected chi connectivity index (χ3v) is 4.22. The number of aryl methyl sites for hydroxylation is 1. The molecule has 0 saturated heterocycles. The smallest absolute Gasteiger partial charge is 0.274 e. The van der Waals surface area contributed by atoms with E-state index < -0.39 is 0 Å². The van der Waals surface area contributed by atoms with Gasteiger partial charge in [0, 0.05) is 42.7 Å². The molecule has 1 amide bonds. The topological polar surface area (TPSA) is 61.9 Å². The van der Waals surface area contributed by atoms with Gasteiger partial charge in [-0.2, -0.15) is 5.10 Å². The van der Waals surface area contributed by atoms with Crippen LogP contribution in [0.3, 0.4) is 0 Å². The molecule has 1 N–H and O–H groups in total. The Morgan fingerprint density at radius 3 is 3.05 bits per heavy atom. The number of likely N-dealkylation sites (N-methyl/N-ethyl adjacent to an activating group) is 1. The minimum atomic E-state index is -0.00201. The number of hydrogen-bond donors (Lipinski definition) is 1. The Hall–Kier alpha value is -2.17. The van der Waals surface area contributed by atoms with Gasteiger partial charge in [-0.25, -0.2) is 0 Å². The lowest BCUT2D eigenvalue weighted by atomic mass is 10.1. The molecular formula is C16H20N4O. The number of amides is 1. The van der Waals surface area contributed by atoms with E-state index in [-0.39, 0.29) is 11.9 Å². The van der Waals surface area contributed by atoms with Crippen LogP contribution in [0.4, 0.5) is 0 Å². The van der Waals surface area contributed by atoms with E-state index in [2.05, 4.69) is 15.2 Å². The fraction of sp³-hybridized carbons (Fsp3) is 0.438. The molecule has 2 heterocycles. The first-order chi connectivity index (χ1) is 10.2. The molecule has 5 nitrogen and oxygen atoms in total. The number of carbonyl (C=O) groups excluding carboxylic acids is 1. The van der Waals surface area contributed by atoms with Crippen molar-refractivity contribution < 1.29 is 4.79 Å². The normalized spacial score (nSPS) is 14.8. The zero-order chi connectivity index (χ0) is 14.8. The molecule has 5 heteroatoms. The fourth-order valence-electron chi connectivity index (χ4n) is 2.82. The van der Waals surface area contributed by atoms with Gasteiger partial charge in [-0.15, -0.1) is 0 Å². The molecule has 1 aliphatic rings. The number of carbonyl (C=O) groups is 1. The highest BCUT2D eigenvalue weighted by Crippen LogP contribution is 2.24. The summed E-state index contributed by atoms with van der Waals surface area (Å²) in [5, 5.41) is 7.22. The van der Waals surface area contributed by atoms with Gasteiger partial charge in [0.2, 0.25) is 0 Å². The van der Waals surface area contributed by atoms with Gasteiger partial charge in [-0.1, -0.05) is 6.07 Å². The molecule has 0 bridgehead atoms. The summed E-state index contributed by atoms with van der Waals surface area (Å²) in [7, 11) is 1.84. The van der Waals surface area contributed by atoms with Crippen LogP contribution >= 0.6 is 0 Å². The van der Waals surface area contributed by atoms with Gasteiger partial charge in [-0.3, -0.25) is 14.9 Å². The predicted octanol–water partition coefficient (Wildman–Crippen LogP) is 2.00. The van der Waals surface area contributed by atoms with Crippen LogP contribution in [0.2, 0.25) is 0 Å². The van der Waals surface area contributed by atoms with Crippen molar-refractivity contribution in [2.45, 2.75) is 38.6 Å². The van der Waals surface area contributed by atoms with Crippen molar-refractivity contribution in [3.63, 3.8) is 0 Å². The highest BCUT2D eigenvalue weighted by Gasteiger charge is 2.27. The van der Waals surface area contributed by atoms with E-state index in [4.69, 9.17) is 0 Å². The monoisotopic (exact) mass is 284 g/mol. The summed E-state index contributed by atoms with van der Waals surface area (Å²) in [5.41, 5.74) is 3.83. The summed E-state index contributed by atoms with van der Waals surface area (Å²) in [6.07, 6.45) is 5.59. The Balaban J connectivity index is 1.72. The van der Waals surface area contributed by atoms with Gasteiger partial charge in [0.25, 0.3) is 5.91 Å². The van der Waals surface area contributed by atoms with Gasteiger partial charge in [-0.05, 0) is 38.3 Å². The summed E-state index contributed by atoms with van der Waals surface area (Å²) in [5.74, 6) is -0.00201. The molecular weight excluding hydrogens is 264 g/mol. The molecule has 110 valence electrons. The van der Waals surface area contributed by atoms with Crippen LogP contribution in [0, 0.1) is 0 Å². The maximum atomic E-state index is 12.6. The van der Waals surface area contributed by atoms with Crippen LogP contribution in [0.5, 0.6) is 0 Å². The highest BCUT2D eigenvalue weighted by atomic mass is 16.2. The van der Waals surface area contributed by atoms with Gasteiger partial charge in [0.1, 0.15) is 0 Å². The summed E-state index contributed by atoms with van der Waals surface area (Å²) in [6, 6.07) is 5.94. The first-order valence-electron chi connectivity index (χ1n) is 7.40. The molecule has 0 aliphatic heterocycles. The number of aromatic nitrogens is 3. The second-order valence-corrected chi connectivity index (χ2v) is 5.67. The largest absolute Gasteiger partial charge is 0.337 e. The zero-order valence-electron chi connectivity index (χ0n) is 12.5. The minimum absolute atomic E-state index is 0.00201. The lowest BCUT2D eigenvalue weighted by Gasteiger charge is -2.24. The molecule has 2 aromatic rings. The summed E-state index contributed by atoms with van der Waals surface area (Å²) < 4.78 is 0. The number of nitrogens with one attached hydrogen (secondary N) is 1. The molecule has 21 heavy (non-hydrogen) atoms. The minimum Gasteiger partial charge on any atom is -0.337 e. The van der Waals surface area contributed by atoms with E-state index in [9.17, 15) is 4.79 Å². The zero-order valence-corrected chi connectivity index (χ0v) is 12.5. The van der Waals surface area contributed by atoms with Crippen molar-refractivity contribution in [2.75, 3.05) is 7.05 Å². The molecule has 0 unspecified atom stereocenters. The molecule has 1 atom stereocenters. The second kappa shape index (κ2) is 5.68. The van der Waals surface area contributed by atoms with Gasteiger partial charge >= 0.3 is 0 Å². The quantitative estimate of drug-likeness (QED) is 0.934. The number of rotatable bonds is 4. The third-order valence-electron chi connectivity index (χ3n) is 4.22. The number of H-pyrrole nitrogens is 1. The molecule has 0 saturated carbocycles. The summed E-state index contributed by atoms with van der Waals surface area (Å²) >= 11 is 0. The van der Waals surface area contributed by atoms with Crippen LogP contribution < -0.4 is 0 Å². The van der Waals surface area contributed by atoms with Crippen molar-refractivity contribution in [3.05, 3.63) is 47.0 Å². The van der Waals surface area contributed by atoms with Crippen molar-refractivity contribution in [1.82, 2.24) is 20.1 Å². The standard InChI is InChI=1S/C16H20N4O/c1-11(10-12-6-3-4-9-17-12)20(2)16(21)15-13-7-5-8-14(13)18-19-15/h3-4,6,9,11H,5,7-8,10H2,1-2H3,(H,18,19)/t11-/m1/s1. The highest BCUT2D eigenvalue weighted by molar-refractivity contribution is 5.94. The Morgan fingerprint density at radius 2 is 2.29 bits per heavy atom. The lowest BCUT2D eigenvalue weighted by Crippen LogP contribution is -2.37. The Bertz CT molecular complexity index is 635. The van der Waals surface area contributed by atoms with Crippen molar-refractivity contribution >= 4 is 5.91 Å². The first kappa shape index (κ1) is 13.8. The molecule has 0 aromatic carbocycles. The van der Waals surface area contributed by atoms with Crippen molar-refractivity contribution in [1.29, 1.82) is 0 Å². The Labute approximate surface area is 124 Å². The van der Waals surface area contributed by atoms with E-state index in [0.29, 0.717) is 5.69 Å². The number of pyridine rings is 1. The van der Waals surface area contributed by atoms with Crippen LogP contribution in [0.25, 0.3) is 0 Å². The fourth-order valence-corrected chi connectivity index (χ4v) is 2.82. The van der Waals surface area contributed by atoms with E-state index in [1.54, 1.807) is 11.1 Å². The Kier molecular flexibility index (Phi) is 3.73. The number of nitrogens with zero attached hydrogens (tertiary/aromatic N) is 3. The van der Waals surface area contributed by atoms with Crippen LogP contribution in [0.15, 0.2) is 24.4 Å². The predicted molar refractivity (Wildman–Crippen MR) is 80.1 cm³/mol. The molecule has 1 aliphatic carbocycles. The molecule has 0 radical (unpaired) electrons. The van der Waals surface area contributed by atoms with Crippen molar-refractivity contribution in [3.8, 4) is 0 Å². The van der Waals surface area contributed by atoms with E-state index in [1.807, 2.05) is 32.2 Å². The maximum Gasteiger partial charge on any atom is 0.274 e. The van der Waals surface area contributed by atoms with Crippen LogP contribution in [-0.4, -0.2) is 39.1 Å². The summed E-state index contributed by atoms with van der Waals surface area (Å²) in [6.45, 7) is 2.04. The van der Waals surface area contributed by atoms with E-state index in [0.717, 1.165) is 42.6 Å². The lowest BCUT2D eigenvalue weighted by molar-refractivity contribution is 0.0736. The van der Waals surface area contributed by atoms with E-state index >= 15 is 0 Å². The Morgan fingerprint density at radius 1 is 1.43 bits per heavy atom. The average molecular weight is 284 g/mol. The van der Waals surface area contributed by atoms with Crippen LogP contribution in [0.1, 0.15) is 40.8 Å². The first-order valence-corrected chi connectivity index (χ1v) is 7.40. The van der Waals surface area contributed by atoms with E-state index in [1.165, 1.54) is 0 Å².